The van der Waals surface area contributed by atoms with Crippen LogP contribution in [0.5, 0.6) is 0 Å². The van der Waals surface area contributed by atoms with Gasteiger partial charge in [-0.05, 0) is 46.9 Å². The van der Waals surface area contributed by atoms with Gasteiger partial charge in [0.25, 0.3) is 10.0 Å². The van der Waals surface area contributed by atoms with Gasteiger partial charge in [0, 0.05) is 8.45 Å². The van der Waals surface area contributed by atoms with Crippen LogP contribution in [0.4, 0.5) is 5.69 Å². The molecule has 0 unspecified atom stereocenters. The van der Waals surface area contributed by atoms with E-state index < -0.39 is 10.0 Å². The summed E-state index contributed by atoms with van der Waals surface area (Å²) in [5, 5.41) is 8.94. The monoisotopic (exact) mass is 395 g/mol. The van der Waals surface area contributed by atoms with E-state index in [-0.39, 0.29) is 10.8 Å². The maximum atomic E-state index is 12.1. The van der Waals surface area contributed by atoms with Gasteiger partial charge in [0.1, 0.15) is 4.21 Å². The van der Waals surface area contributed by atoms with Gasteiger partial charge in [0.2, 0.25) is 0 Å². The molecular formula is C11H10INO3S2. The highest BCUT2D eigenvalue weighted by Gasteiger charge is 2.17. The molecule has 0 radical (unpaired) electrons. The largest absolute Gasteiger partial charge is 0.391 e. The van der Waals surface area contributed by atoms with Crippen molar-refractivity contribution in [1.29, 1.82) is 0 Å². The smallest absolute Gasteiger partial charge is 0.271 e. The van der Waals surface area contributed by atoms with Crippen LogP contribution in [0.1, 0.15) is 4.88 Å². The van der Waals surface area contributed by atoms with Crippen molar-refractivity contribution in [2.45, 2.75) is 10.8 Å². The topological polar surface area (TPSA) is 66.4 Å². The second-order valence-electron chi connectivity index (χ2n) is 3.46. The van der Waals surface area contributed by atoms with E-state index in [0.29, 0.717) is 10.6 Å². The lowest BCUT2D eigenvalue weighted by molar-refractivity contribution is 0.285. The van der Waals surface area contributed by atoms with Crippen molar-refractivity contribution >= 4 is 49.6 Å². The van der Waals surface area contributed by atoms with Gasteiger partial charge in [-0.15, -0.1) is 11.3 Å². The lowest BCUT2D eigenvalue weighted by Gasteiger charge is -2.07. The van der Waals surface area contributed by atoms with Gasteiger partial charge in [-0.2, -0.15) is 0 Å². The molecule has 0 saturated carbocycles. The highest BCUT2D eigenvalue weighted by atomic mass is 127. The SMILES string of the molecule is O=S(=O)(Nc1ccccc1I)c1ccc(CO)s1. The zero-order valence-electron chi connectivity index (χ0n) is 9.13. The van der Waals surface area contributed by atoms with Crippen LogP contribution in [0, 0.1) is 3.57 Å². The van der Waals surface area contributed by atoms with Crippen LogP contribution in [0.15, 0.2) is 40.6 Å². The highest BCUT2D eigenvalue weighted by molar-refractivity contribution is 14.1. The molecule has 1 aromatic carbocycles. The summed E-state index contributed by atoms with van der Waals surface area (Å²) in [5.41, 5.74) is 0.553. The number of halogens is 1. The standard InChI is InChI=1S/C11H10INO3S2/c12-9-3-1-2-4-10(9)13-18(15,16)11-6-5-8(7-14)17-11/h1-6,13-14H,7H2. The molecule has 0 aliphatic rings. The zero-order valence-corrected chi connectivity index (χ0v) is 12.9. The Balaban J connectivity index is 2.30. The van der Waals surface area contributed by atoms with E-state index in [2.05, 4.69) is 27.3 Å². The van der Waals surface area contributed by atoms with Crippen molar-refractivity contribution < 1.29 is 13.5 Å². The number of hydrogen-bond donors (Lipinski definition) is 2. The average Bonchev–Trinajstić information content (AvgIpc) is 2.81. The fourth-order valence-electron chi connectivity index (χ4n) is 1.33. The Morgan fingerprint density at radius 3 is 2.56 bits per heavy atom. The molecule has 0 bridgehead atoms. The van der Waals surface area contributed by atoms with E-state index in [9.17, 15) is 8.42 Å². The summed E-state index contributed by atoms with van der Waals surface area (Å²) in [7, 11) is -3.57. The zero-order chi connectivity index (χ0) is 13.2. The minimum absolute atomic E-state index is 0.150. The molecule has 2 N–H and O–H groups in total. The van der Waals surface area contributed by atoms with Gasteiger partial charge in [-0.3, -0.25) is 4.72 Å². The number of aliphatic hydroxyl groups excluding tert-OH is 1. The summed E-state index contributed by atoms with van der Waals surface area (Å²) >= 11 is 3.13. The van der Waals surface area contributed by atoms with Crippen LogP contribution in [0.25, 0.3) is 0 Å². The predicted molar refractivity (Wildman–Crippen MR) is 80.2 cm³/mol. The number of nitrogens with one attached hydrogen (secondary N) is 1. The minimum Gasteiger partial charge on any atom is -0.391 e. The van der Waals surface area contributed by atoms with Crippen molar-refractivity contribution in [2.24, 2.45) is 0 Å². The number of aliphatic hydroxyl groups is 1. The molecule has 0 atom stereocenters. The molecular weight excluding hydrogens is 385 g/mol. The van der Waals surface area contributed by atoms with Gasteiger partial charge in [0.05, 0.1) is 12.3 Å². The van der Waals surface area contributed by atoms with E-state index in [4.69, 9.17) is 5.11 Å². The van der Waals surface area contributed by atoms with E-state index >= 15 is 0 Å². The third kappa shape index (κ3) is 3.02. The third-order valence-corrected chi connectivity index (χ3v) is 6.04. The summed E-state index contributed by atoms with van der Waals surface area (Å²) in [6.45, 7) is -0.150. The molecule has 0 fully saturated rings. The Morgan fingerprint density at radius 2 is 1.94 bits per heavy atom. The quantitative estimate of drug-likeness (QED) is 0.783. The van der Waals surface area contributed by atoms with Crippen LogP contribution in [0.3, 0.4) is 0 Å². The fourth-order valence-corrected chi connectivity index (χ4v) is 4.33. The van der Waals surface area contributed by atoms with Gasteiger partial charge >= 0.3 is 0 Å². The molecule has 96 valence electrons. The second kappa shape index (κ2) is 5.55. The van der Waals surface area contributed by atoms with Gasteiger partial charge in [0.15, 0.2) is 0 Å². The summed E-state index contributed by atoms with van der Waals surface area (Å²) in [5.74, 6) is 0. The van der Waals surface area contributed by atoms with Gasteiger partial charge in [-0.1, -0.05) is 12.1 Å². The van der Waals surface area contributed by atoms with Gasteiger partial charge in [-0.25, -0.2) is 8.42 Å². The maximum absolute atomic E-state index is 12.1. The van der Waals surface area contributed by atoms with Crippen molar-refractivity contribution in [3.63, 3.8) is 0 Å². The first-order valence-electron chi connectivity index (χ1n) is 5.00. The number of benzene rings is 1. The van der Waals surface area contributed by atoms with E-state index in [1.807, 2.05) is 12.1 Å². The molecule has 2 rings (SSSR count). The molecule has 1 heterocycles. The van der Waals surface area contributed by atoms with Crippen molar-refractivity contribution in [2.75, 3.05) is 4.72 Å². The molecule has 7 heteroatoms. The van der Waals surface area contributed by atoms with E-state index in [0.717, 1.165) is 14.9 Å². The minimum atomic E-state index is -3.57. The molecule has 0 aliphatic carbocycles. The van der Waals surface area contributed by atoms with Crippen LogP contribution in [-0.4, -0.2) is 13.5 Å². The lowest BCUT2D eigenvalue weighted by Crippen LogP contribution is -2.12. The van der Waals surface area contributed by atoms with Gasteiger partial charge < -0.3 is 5.11 Å². The molecule has 0 aliphatic heterocycles. The Bertz CT molecular complexity index is 652. The molecule has 0 amide bonds. The van der Waals surface area contributed by atoms with Crippen LogP contribution in [0.2, 0.25) is 0 Å². The number of sulfonamides is 1. The normalized spacial score (nSPS) is 11.4. The number of rotatable bonds is 4. The van der Waals surface area contributed by atoms with Crippen molar-refractivity contribution in [3.8, 4) is 0 Å². The molecule has 0 spiro atoms. The van der Waals surface area contributed by atoms with Crippen LogP contribution in [-0.2, 0) is 16.6 Å². The molecule has 2 aromatic rings. The van der Waals surface area contributed by atoms with Crippen LogP contribution >= 0.6 is 33.9 Å². The Morgan fingerprint density at radius 1 is 1.22 bits per heavy atom. The number of anilines is 1. The Labute approximate surface area is 123 Å². The number of hydrogen-bond acceptors (Lipinski definition) is 4. The predicted octanol–water partition coefficient (Wildman–Crippen LogP) is 2.65. The first kappa shape index (κ1) is 13.8. The molecule has 1 aromatic heterocycles. The first-order chi connectivity index (χ1) is 8.53. The van der Waals surface area contributed by atoms with Crippen molar-refractivity contribution in [3.05, 3.63) is 44.8 Å². The maximum Gasteiger partial charge on any atom is 0.271 e. The molecule has 18 heavy (non-hydrogen) atoms. The van der Waals surface area contributed by atoms with Crippen molar-refractivity contribution in [1.82, 2.24) is 0 Å². The second-order valence-corrected chi connectivity index (χ2v) is 7.70. The Hall–Kier alpha value is -0.640. The van der Waals surface area contributed by atoms with E-state index in [1.165, 1.54) is 6.07 Å². The Kier molecular flexibility index (Phi) is 4.25. The third-order valence-electron chi connectivity index (χ3n) is 2.18. The number of para-hydroxylation sites is 1. The van der Waals surface area contributed by atoms with Crippen LogP contribution < -0.4 is 4.72 Å². The molecule has 4 nitrogen and oxygen atoms in total. The first-order valence-corrected chi connectivity index (χ1v) is 8.38. The number of thiophene rings is 1. The summed E-state index contributed by atoms with van der Waals surface area (Å²) in [4.78, 5) is 0.623. The summed E-state index contributed by atoms with van der Waals surface area (Å²) in [6, 6.07) is 10.2. The lowest BCUT2D eigenvalue weighted by atomic mass is 10.3. The molecule has 0 saturated heterocycles. The summed E-state index contributed by atoms with van der Waals surface area (Å²) in [6.07, 6.45) is 0. The average molecular weight is 395 g/mol. The summed E-state index contributed by atoms with van der Waals surface area (Å²) < 4.78 is 27.8. The fraction of sp³-hybridized carbons (Fsp3) is 0.0909. The highest BCUT2D eigenvalue weighted by Crippen LogP contribution is 2.25. The van der Waals surface area contributed by atoms with E-state index in [1.54, 1.807) is 18.2 Å².